The van der Waals surface area contributed by atoms with Gasteiger partial charge in [0.15, 0.2) is 0 Å². The maximum atomic E-state index is 12.2. The number of aromatic nitrogens is 4. The number of halogens is 2. The first-order chi connectivity index (χ1) is 11.3. The fourth-order valence-electron chi connectivity index (χ4n) is 2.43. The Labute approximate surface area is 155 Å². The monoisotopic (exact) mass is 415 g/mol. The van der Waals surface area contributed by atoms with Gasteiger partial charge in [-0.05, 0) is 43.1 Å². The summed E-state index contributed by atoms with van der Waals surface area (Å²) >= 11 is 9.48. The third-order valence-corrected chi connectivity index (χ3v) is 5.46. The van der Waals surface area contributed by atoms with Crippen LogP contribution < -0.4 is 5.32 Å². The maximum absolute atomic E-state index is 12.2. The van der Waals surface area contributed by atoms with E-state index in [-0.39, 0.29) is 11.8 Å². The largest absolute Gasteiger partial charge is 0.356 e. The van der Waals surface area contributed by atoms with Gasteiger partial charge in [0.1, 0.15) is 0 Å². The lowest BCUT2D eigenvalue weighted by Crippen LogP contribution is -2.33. The Bertz CT molecular complexity index is 705. The second kappa shape index (κ2) is 8.16. The molecule has 6 nitrogen and oxygen atoms in total. The van der Waals surface area contributed by atoms with Gasteiger partial charge in [-0.1, -0.05) is 18.5 Å². The molecule has 0 aliphatic heterocycles. The lowest BCUT2D eigenvalue weighted by atomic mass is 10.1. The molecule has 0 radical (unpaired) electrons. The summed E-state index contributed by atoms with van der Waals surface area (Å²) in [6, 6.07) is 0. The van der Waals surface area contributed by atoms with Crippen molar-refractivity contribution in [3.05, 3.63) is 32.8 Å². The minimum Gasteiger partial charge on any atom is -0.356 e. The van der Waals surface area contributed by atoms with Gasteiger partial charge < -0.3 is 5.32 Å². The average molecular weight is 417 g/mol. The van der Waals surface area contributed by atoms with Gasteiger partial charge in [0.2, 0.25) is 5.91 Å². The van der Waals surface area contributed by atoms with Crippen LogP contribution in [0.5, 0.6) is 0 Å². The first-order valence-electron chi connectivity index (χ1n) is 7.96. The van der Waals surface area contributed by atoms with E-state index in [1.54, 1.807) is 4.68 Å². The van der Waals surface area contributed by atoms with E-state index in [1.165, 1.54) is 0 Å². The van der Waals surface area contributed by atoms with Crippen LogP contribution in [0.15, 0.2) is 10.7 Å². The molecule has 1 atom stereocenters. The Morgan fingerprint density at radius 3 is 2.58 bits per heavy atom. The SMILES string of the molecule is Cc1nn(CCCNC(=O)C(C)Cn2nc(C)c(Br)c2C)cc1Cl. The molecule has 1 unspecified atom stereocenters. The molecule has 0 saturated carbocycles. The van der Waals surface area contributed by atoms with E-state index in [4.69, 9.17) is 11.6 Å². The number of carbonyl (C=O) groups excluding carboxylic acids is 1. The molecule has 24 heavy (non-hydrogen) atoms. The lowest BCUT2D eigenvalue weighted by Gasteiger charge is -2.13. The molecule has 1 N–H and O–H groups in total. The van der Waals surface area contributed by atoms with Crippen LogP contribution in [0.4, 0.5) is 0 Å². The van der Waals surface area contributed by atoms with Crippen molar-refractivity contribution in [3.63, 3.8) is 0 Å². The summed E-state index contributed by atoms with van der Waals surface area (Å²) in [5.74, 6) is -0.107. The van der Waals surface area contributed by atoms with Crippen molar-refractivity contribution in [2.75, 3.05) is 6.54 Å². The lowest BCUT2D eigenvalue weighted by molar-refractivity contribution is -0.124. The van der Waals surface area contributed by atoms with Crippen LogP contribution in [0.3, 0.4) is 0 Å². The Morgan fingerprint density at radius 2 is 2.04 bits per heavy atom. The highest BCUT2D eigenvalue weighted by atomic mass is 79.9. The fourth-order valence-corrected chi connectivity index (χ4v) is 2.86. The zero-order chi connectivity index (χ0) is 17.9. The Balaban J connectivity index is 1.76. The molecule has 2 aromatic rings. The molecule has 0 saturated heterocycles. The summed E-state index contributed by atoms with van der Waals surface area (Å²) in [7, 11) is 0. The number of nitrogens with zero attached hydrogens (tertiary/aromatic N) is 4. The van der Waals surface area contributed by atoms with Crippen LogP contribution in [-0.4, -0.2) is 32.0 Å². The molecular weight excluding hydrogens is 394 g/mol. The molecule has 0 aliphatic rings. The van der Waals surface area contributed by atoms with Crippen LogP contribution in [0.2, 0.25) is 5.02 Å². The van der Waals surface area contributed by atoms with E-state index in [2.05, 4.69) is 31.4 Å². The van der Waals surface area contributed by atoms with Gasteiger partial charge in [-0.2, -0.15) is 10.2 Å². The topological polar surface area (TPSA) is 64.7 Å². The molecule has 1 amide bonds. The quantitative estimate of drug-likeness (QED) is 0.705. The van der Waals surface area contributed by atoms with E-state index in [1.807, 2.05) is 38.6 Å². The van der Waals surface area contributed by atoms with E-state index in [9.17, 15) is 4.79 Å². The number of rotatable bonds is 7. The molecule has 0 bridgehead atoms. The van der Waals surface area contributed by atoms with Crippen LogP contribution in [0, 0.1) is 26.7 Å². The third-order valence-electron chi connectivity index (χ3n) is 3.94. The molecule has 2 rings (SSSR count). The zero-order valence-electron chi connectivity index (χ0n) is 14.4. The van der Waals surface area contributed by atoms with Crippen molar-refractivity contribution in [3.8, 4) is 0 Å². The summed E-state index contributed by atoms with van der Waals surface area (Å²) in [5.41, 5.74) is 2.80. The Kier molecular flexibility index (Phi) is 6.46. The van der Waals surface area contributed by atoms with Gasteiger partial charge in [0.25, 0.3) is 0 Å². The number of carbonyl (C=O) groups is 1. The van der Waals surface area contributed by atoms with Gasteiger partial charge in [-0.25, -0.2) is 0 Å². The normalized spacial score (nSPS) is 12.4. The van der Waals surface area contributed by atoms with Crippen molar-refractivity contribution >= 4 is 33.4 Å². The van der Waals surface area contributed by atoms with Gasteiger partial charge >= 0.3 is 0 Å². The van der Waals surface area contributed by atoms with Crippen LogP contribution in [0.25, 0.3) is 0 Å². The van der Waals surface area contributed by atoms with Crippen LogP contribution in [0.1, 0.15) is 30.4 Å². The number of hydrogen-bond acceptors (Lipinski definition) is 3. The minimum atomic E-state index is -0.142. The Hall–Kier alpha value is -1.34. The molecule has 8 heteroatoms. The van der Waals surface area contributed by atoms with Crippen LogP contribution >= 0.6 is 27.5 Å². The van der Waals surface area contributed by atoms with Gasteiger partial charge in [0, 0.05) is 25.0 Å². The third kappa shape index (κ3) is 4.60. The van der Waals surface area contributed by atoms with E-state index >= 15 is 0 Å². The second-order valence-corrected chi connectivity index (χ2v) is 7.24. The summed E-state index contributed by atoms with van der Waals surface area (Å²) < 4.78 is 4.68. The highest BCUT2D eigenvalue weighted by Gasteiger charge is 2.16. The summed E-state index contributed by atoms with van der Waals surface area (Å²) in [6.45, 7) is 9.63. The van der Waals surface area contributed by atoms with Crippen molar-refractivity contribution in [2.45, 2.75) is 47.2 Å². The molecule has 0 aliphatic carbocycles. The van der Waals surface area contributed by atoms with Gasteiger partial charge in [-0.3, -0.25) is 14.2 Å². The maximum Gasteiger partial charge on any atom is 0.224 e. The molecule has 2 heterocycles. The van der Waals surface area contributed by atoms with Crippen LogP contribution in [-0.2, 0) is 17.9 Å². The zero-order valence-corrected chi connectivity index (χ0v) is 16.8. The average Bonchev–Trinajstić information content (AvgIpc) is 2.97. The highest BCUT2D eigenvalue weighted by molar-refractivity contribution is 9.10. The van der Waals surface area contributed by atoms with Crippen molar-refractivity contribution < 1.29 is 4.79 Å². The van der Waals surface area contributed by atoms with E-state index in [0.29, 0.717) is 18.1 Å². The minimum absolute atomic E-state index is 0.0355. The van der Waals surface area contributed by atoms with Gasteiger partial charge in [0.05, 0.1) is 33.3 Å². The van der Waals surface area contributed by atoms with Gasteiger partial charge in [-0.15, -0.1) is 0 Å². The first kappa shape index (κ1) is 19.0. The van der Waals surface area contributed by atoms with Crippen molar-refractivity contribution in [2.24, 2.45) is 5.92 Å². The fraction of sp³-hybridized carbons (Fsp3) is 0.562. The molecular formula is C16H23BrClN5O. The van der Waals surface area contributed by atoms with Crippen molar-refractivity contribution in [1.29, 1.82) is 0 Å². The number of aryl methyl sites for hydroxylation is 3. The summed E-state index contributed by atoms with van der Waals surface area (Å²) in [6.07, 6.45) is 2.61. The second-order valence-electron chi connectivity index (χ2n) is 6.04. The molecule has 0 spiro atoms. The highest BCUT2D eigenvalue weighted by Crippen LogP contribution is 2.20. The Morgan fingerprint density at radius 1 is 1.33 bits per heavy atom. The van der Waals surface area contributed by atoms with Crippen molar-refractivity contribution in [1.82, 2.24) is 24.9 Å². The smallest absolute Gasteiger partial charge is 0.224 e. The molecule has 0 aromatic carbocycles. The first-order valence-corrected chi connectivity index (χ1v) is 9.13. The standard InChI is InChI=1S/C16H23BrClN5O/c1-10(8-23-13(4)15(17)12(3)21-23)16(24)19-6-5-7-22-9-14(18)11(2)20-22/h9-10H,5-8H2,1-4H3,(H,19,24). The predicted octanol–water partition coefficient (Wildman–Crippen LogP) is 3.26. The predicted molar refractivity (Wildman–Crippen MR) is 98.2 cm³/mol. The number of hydrogen-bond donors (Lipinski definition) is 1. The van der Waals surface area contributed by atoms with E-state index in [0.717, 1.165) is 34.5 Å². The van der Waals surface area contributed by atoms with E-state index < -0.39 is 0 Å². The molecule has 132 valence electrons. The molecule has 0 fully saturated rings. The number of amides is 1. The summed E-state index contributed by atoms with van der Waals surface area (Å²) in [4.78, 5) is 12.2. The summed E-state index contributed by atoms with van der Waals surface area (Å²) in [5, 5.41) is 12.4. The number of nitrogens with one attached hydrogen (secondary N) is 1. The molecule has 2 aromatic heterocycles.